The Hall–Kier alpha value is -1.88. The van der Waals surface area contributed by atoms with Gasteiger partial charge < -0.3 is 5.41 Å². The number of ketones is 1. The largest absolute Gasteiger partial charge is 0.343 e. The van der Waals surface area contributed by atoms with E-state index in [0.717, 1.165) is 18.2 Å². The second-order valence-corrected chi connectivity index (χ2v) is 4.91. The molecule has 7 nitrogen and oxygen atoms in total. The van der Waals surface area contributed by atoms with Gasteiger partial charge in [-0.25, -0.2) is 9.89 Å². The van der Waals surface area contributed by atoms with Crippen molar-refractivity contribution in [3.8, 4) is 6.07 Å². The molecule has 2 N–H and O–H groups in total. The predicted molar refractivity (Wildman–Crippen MR) is 71.4 cm³/mol. The third kappa shape index (κ3) is 3.79. The third-order valence-electron chi connectivity index (χ3n) is 2.40. The van der Waals surface area contributed by atoms with Crippen LogP contribution in [-0.4, -0.2) is 32.0 Å². The Balaban J connectivity index is 2.72. The van der Waals surface area contributed by atoms with Gasteiger partial charge in [0, 0.05) is 12.3 Å². The Morgan fingerprint density at radius 1 is 1.68 bits per heavy atom. The van der Waals surface area contributed by atoms with Crippen LogP contribution >= 0.6 is 11.8 Å². The average Bonchev–Trinajstić information content (AvgIpc) is 2.69. The van der Waals surface area contributed by atoms with Crippen LogP contribution in [0.1, 0.15) is 20.3 Å². The molecule has 0 unspecified atom stereocenters. The summed E-state index contributed by atoms with van der Waals surface area (Å²) < 4.78 is 1.45. The summed E-state index contributed by atoms with van der Waals surface area (Å²) in [5, 5.41) is 22.8. The summed E-state index contributed by atoms with van der Waals surface area (Å²) in [6, 6.07) is 1.80. The summed E-state index contributed by atoms with van der Waals surface area (Å²) in [6.07, 6.45) is 0.779. The molecule has 0 radical (unpaired) electrons. The maximum absolute atomic E-state index is 11.8. The SMILES string of the molecule is CCCn1c(SCC(=O)[C@H](C#N)C(C)=N)n[nH]c1=O. The fourth-order valence-electron chi connectivity index (χ4n) is 1.46. The number of H-pyrrole nitrogens is 1. The maximum Gasteiger partial charge on any atom is 0.343 e. The van der Waals surface area contributed by atoms with Crippen LogP contribution in [0.4, 0.5) is 0 Å². The van der Waals surface area contributed by atoms with Gasteiger partial charge in [-0.1, -0.05) is 18.7 Å². The van der Waals surface area contributed by atoms with E-state index in [-0.39, 0.29) is 22.9 Å². The molecule has 102 valence electrons. The smallest absolute Gasteiger partial charge is 0.308 e. The van der Waals surface area contributed by atoms with E-state index in [1.165, 1.54) is 11.5 Å². The molecule has 0 saturated carbocycles. The monoisotopic (exact) mass is 281 g/mol. The molecule has 1 atom stereocenters. The van der Waals surface area contributed by atoms with Crippen molar-refractivity contribution in [1.82, 2.24) is 14.8 Å². The van der Waals surface area contributed by atoms with E-state index in [2.05, 4.69) is 10.2 Å². The molecule has 0 aliphatic rings. The quantitative estimate of drug-likeness (QED) is 0.567. The van der Waals surface area contributed by atoms with E-state index in [4.69, 9.17) is 10.7 Å². The highest BCUT2D eigenvalue weighted by molar-refractivity contribution is 7.99. The average molecular weight is 281 g/mol. The highest BCUT2D eigenvalue weighted by Crippen LogP contribution is 2.15. The van der Waals surface area contributed by atoms with Gasteiger partial charge in [-0.3, -0.25) is 9.36 Å². The van der Waals surface area contributed by atoms with Crippen molar-refractivity contribution in [3.05, 3.63) is 10.5 Å². The molecule has 1 aromatic rings. The zero-order valence-corrected chi connectivity index (χ0v) is 11.6. The molecule has 0 fully saturated rings. The molecule has 0 aliphatic carbocycles. The van der Waals surface area contributed by atoms with Gasteiger partial charge in [-0.15, -0.1) is 5.10 Å². The first-order chi connectivity index (χ1) is 9.01. The lowest BCUT2D eigenvalue weighted by molar-refractivity contribution is -0.117. The van der Waals surface area contributed by atoms with Crippen LogP contribution in [-0.2, 0) is 11.3 Å². The van der Waals surface area contributed by atoms with Gasteiger partial charge in [-0.05, 0) is 13.3 Å². The van der Waals surface area contributed by atoms with Crippen molar-refractivity contribution >= 4 is 23.3 Å². The van der Waals surface area contributed by atoms with Crippen molar-refractivity contribution < 1.29 is 4.79 Å². The molecule has 19 heavy (non-hydrogen) atoms. The van der Waals surface area contributed by atoms with Crippen molar-refractivity contribution in [2.45, 2.75) is 32.0 Å². The van der Waals surface area contributed by atoms with E-state index in [9.17, 15) is 9.59 Å². The molecule has 8 heteroatoms. The normalized spacial score (nSPS) is 11.8. The number of nitrogens with one attached hydrogen (secondary N) is 2. The maximum atomic E-state index is 11.8. The van der Waals surface area contributed by atoms with Crippen LogP contribution in [0, 0.1) is 22.7 Å². The number of nitriles is 1. The zero-order chi connectivity index (χ0) is 14.4. The summed E-state index contributed by atoms with van der Waals surface area (Å²) in [4.78, 5) is 23.2. The number of hydrogen-bond donors (Lipinski definition) is 2. The number of thioether (sulfide) groups is 1. The van der Waals surface area contributed by atoms with Crippen LogP contribution in [0.2, 0.25) is 0 Å². The van der Waals surface area contributed by atoms with Crippen molar-refractivity contribution in [2.24, 2.45) is 5.92 Å². The Morgan fingerprint density at radius 3 is 2.89 bits per heavy atom. The van der Waals surface area contributed by atoms with Gasteiger partial charge in [-0.2, -0.15) is 5.26 Å². The molecule has 0 aromatic carbocycles. The van der Waals surface area contributed by atoms with E-state index < -0.39 is 5.92 Å². The second-order valence-electron chi connectivity index (χ2n) is 3.96. The molecule has 0 aliphatic heterocycles. The van der Waals surface area contributed by atoms with Crippen LogP contribution in [0.3, 0.4) is 0 Å². The first-order valence-corrected chi connectivity index (χ1v) is 6.75. The number of nitrogens with zero attached hydrogens (tertiary/aromatic N) is 3. The van der Waals surface area contributed by atoms with Gasteiger partial charge in [0.25, 0.3) is 0 Å². The van der Waals surface area contributed by atoms with Crippen LogP contribution < -0.4 is 5.69 Å². The minimum atomic E-state index is -1.02. The Kier molecular flexibility index (Phi) is 5.51. The highest BCUT2D eigenvalue weighted by Gasteiger charge is 2.21. The Morgan fingerprint density at radius 2 is 2.37 bits per heavy atom. The topological polar surface area (TPSA) is 115 Å². The van der Waals surface area contributed by atoms with Gasteiger partial charge in [0.2, 0.25) is 0 Å². The number of hydrogen-bond acceptors (Lipinski definition) is 6. The van der Waals surface area contributed by atoms with Crippen molar-refractivity contribution in [1.29, 1.82) is 10.7 Å². The lowest BCUT2D eigenvalue weighted by atomic mass is 10.0. The highest BCUT2D eigenvalue weighted by atomic mass is 32.2. The molecule has 1 heterocycles. The van der Waals surface area contributed by atoms with Crippen LogP contribution in [0.5, 0.6) is 0 Å². The Bertz CT molecular complexity index is 568. The molecule has 1 aromatic heterocycles. The summed E-state index contributed by atoms with van der Waals surface area (Å²) >= 11 is 1.10. The summed E-state index contributed by atoms with van der Waals surface area (Å²) in [6.45, 7) is 3.89. The first kappa shape index (κ1) is 15.2. The lowest BCUT2D eigenvalue weighted by Crippen LogP contribution is -2.22. The summed E-state index contributed by atoms with van der Waals surface area (Å²) in [5.74, 6) is -1.35. The zero-order valence-electron chi connectivity index (χ0n) is 10.8. The molecule has 0 amide bonds. The lowest BCUT2D eigenvalue weighted by Gasteiger charge is -2.06. The number of aromatic amines is 1. The molecule has 0 saturated heterocycles. The number of carbonyl (C=O) groups is 1. The van der Waals surface area contributed by atoms with Crippen molar-refractivity contribution in [3.63, 3.8) is 0 Å². The number of rotatable bonds is 7. The molecule has 1 rings (SSSR count). The number of aromatic nitrogens is 3. The fraction of sp³-hybridized carbons (Fsp3) is 0.545. The summed E-state index contributed by atoms with van der Waals surface area (Å²) in [7, 11) is 0. The van der Waals surface area contributed by atoms with Gasteiger partial charge in [0.15, 0.2) is 10.9 Å². The van der Waals surface area contributed by atoms with E-state index in [1.54, 1.807) is 6.07 Å². The van der Waals surface area contributed by atoms with Gasteiger partial charge in [0.05, 0.1) is 11.8 Å². The first-order valence-electron chi connectivity index (χ1n) is 5.76. The van der Waals surface area contributed by atoms with Crippen LogP contribution in [0.25, 0.3) is 0 Å². The number of carbonyl (C=O) groups excluding carboxylic acids is 1. The minimum Gasteiger partial charge on any atom is -0.308 e. The van der Waals surface area contributed by atoms with Gasteiger partial charge in [0.1, 0.15) is 5.92 Å². The molecular formula is C11H15N5O2S. The molecular weight excluding hydrogens is 266 g/mol. The van der Waals surface area contributed by atoms with E-state index in [0.29, 0.717) is 11.7 Å². The van der Waals surface area contributed by atoms with E-state index >= 15 is 0 Å². The summed E-state index contributed by atoms with van der Waals surface area (Å²) in [5.41, 5.74) is -0.280. The van der Waals surface area contributed by atoms with Gasteiger partial charge >= 0.3 is 5.69 Å². The second kappa shape index (κ2) is 6.89. The molecule has 0 spiro atoms. The van der Waals surface area contributed by atoms with Crippen molar-refractivity contribution in [2.75, 3.05) is 5.75 Å². The fourth-order valence-corrected chi connectivity index (χ4v) is 2.34. The molecule has 0 bridgehead atoms. The standard InChI is InChI=1S/C11H15N5O2S/c1-3-4-16-10(18)14-15-11(16)19-6-9(17)8(5-12)7(2)13/h8,13H,3-4,6H2,1-2H3,(H,14,18)/t8-/m1/s1. The number of Topliss-reactive ketones (excluding diaryl/α,β-unsaturated/α-hetero) is 1. The minimum absolute atomic E-state index is 0.0163. The third-order valence-corrected chi connectivity index (χ3v) is 3.40. The van der Waals surface area contributed by atoms with Crippen LogP contribution in [0.15, 0.2) is 9.95 Å². The Labute approximate surface area is 114 Å². The predicted octanol–water partition coefficient (Wildman–Crippen LogP) is 0.822. The van der Waals surface area contributed by atoms with E-state index in [1.807, 2.05) is 6.92 Å².